The molecule has 40 heavy (non-hydrogen) atoms. The molecule has 1 amide bonds. The lowest BCUT2D eigenvalue weighted by Crippen LogP contribution is -2.51. The normalized spacial score (nSPS) is 26.7. The van der Waals surface area contributed by atoms with E-state index >= 15 is 0 Å². The van der Waals surface area contributed by atoms with Crippen LogP contribution in [0.25, 0.3) is 21.6 Å². The number of carbonyl (C=O) groups is 1. The zero-order valence-corrected chi connectivity index (χ0v) is 21.5. The Labute approximate surface area is 227 Å². The van der Waals surface area contributed by atoms with Gasteiger partial charge in [0.05, 0.1) is 35.8 Å². The minimum atomic E-state index is -3.03. The van der Waals surface area contributed by atoms with E-state index in [0.29, 0.717) is 34.5 Å². The lowest BCUT2D eigenvalue weighted by atomic mass is 9.66. The Morgan fingerprint density at radius 3 is 2.65 bits per heavy atom. The SMILES string of the molecule is [C-]#[N+]C1(C)CC(O)(c2ncc(-c3cc4c5c(nn4cn3)[C@H]3C[C@@H]5c4c(OC(F)F)cccc4C(=O)N3C)cn2)C1. The van der Waals surface area contributed by atoms with Crippen molar-refractivity contribution in [3.63, 3.8) is 0 Å². The van der Waals surface area contributed by atoms with Gasteiger partial charge in [-0.2, -0.15) is 13.9 Å². The van der Waals surface area contributed by atoms with Crippen LogP contribution >= 0.6 is 0 Å². The molecule has 0 spiro atoms. The number of aliphatic hydroxyl groups is 1. The van der Waals surface area contributed by atoms with Crippen molar-refractivity contribution in [2.75, 3.05) is 7.05 Å². The monoisotopic (exact) mass is 543 g/mol. The first-order valence-corrected chi connectivity index (χ1v) is 12.8. The van der Waals surface area contributed by atoms with Crippen molar-refractivity contribution in [3.05, 3.63) is 82.6 Å². The third-order valence-corrected chi connectivity index (χ3v) is 8.35. The fourth-order valence-electron chi connectivity index (χ4n) is 6.58. The average Bonchev–Trinajstić information content (AvgIpc) is 3.45. The Balaban J connectivity index is 1.31. The molecule has 10 nitrogen and oxygen atoms in total. The Bertz CT molecular complexity index is 1740. The van der Waals surface area contributed by atoms with E-state index in [2.05, 4.69) is 19.8 Å². The van der Waals surface area contributed by atoms with E-state index in [1.807, 2.05) is 6.07 Å². The number of ether oxygens (including phenoxy) is 1. The fraction of sp³-hybridized carbons (Fsp3) is 0.357. The lowest BCUT2D eigenvalue weighted by Gasteiger charge is -2.41. The van der Waals surface area contributed by atoms with Gasteiger partial charge in [0.25, 0.3) is 5.91 Å². The first-order chi connectivity index (χ1) is 19.1. The van der Waals surface area contributed by atoms with E-state index in [0.717, 1.165) is 11.1 Å². The second-order valence-corrected chi connectivity index (χ2v) is 11.0. The molecule has 1 aromatic carbocycles. The summed E-state index contributed by atoms with van der Waals surface area (Å²) in [6.45, 7) is 6.08. The highest BCUT2D eigenvalue weighted by molar-refractivity contribution is 5.98. The van der Waals surface area contributed by atoms with E-state index in [1.54, 1.807) is 54.2 Å². The van der Waals surface area contributed by atoms with Crippen molar-refractivity contribution in [3.8, 4) is 17.0 Å². The molecular weight excluding hydrogens is 520 g/mol. The van der Waals surface area contributed by atoms with Gasteiger partial charge in [0.1, 0.15) is 17.7 Å². The highest BCUT2D eigenvalue weighted by atomic mass is 19.3. The summed E-state index contributed by atoms with van der Waals surface area (Å²) in [5, 5.41) is 15.6. The highest BCUT2D eigenvalue weighted by Gasteiger charge is 2.59. The Morgan fingerprint density at radius 1 is 1.20 bits per heavy atom. The molecule has 202 valence electrons. The van der Waals surface area contributed by atoms with Crippen LogP contribution < -0.4 is 4.74 Å². The van der Waals surface area contributed by atoms with Crippen LogP contribution in [-0.4, -0.2) is 59.7 Å². The summed E-state index contributed by atoms with van der Waals surface area (Å²) >= 11 is 0. The minimum Gasteiger partial charge on any atom is -0.434 e. The molecule has 0 saturated heterocycles. The highest BCUT2D eigenvalue weighted by Crippen LogP contribution is 2.53. The summed E-state index contributed by atoms with van der Waals surface area (Å²) in [6.07, 6.45) is 5.77. The summed E-state index contributed by atoms with van der Waals surface area (Å²) in [7, 11) is 1.69. The molecule has 3 aliphatic rings. The molecule has 1 fully saturated rings. The molecule has 1 N–H and O–H groups in total. The molecule has 2 bridgehead atoms. The zero-order chi connectivity index (χ0) is 28.0. The summed E-state index contributed by atoms with van der Waals surface area (Å²) in [5.74, 6) is -0.418. The number of hydrogen-bond acceptors (Lipinski definition) is 7. The Hall–Kier alpha value is -4.50. The number of nitrogens with zero attached hydrogens (tertiary/aromatic N) is 7. The maximum atomic E-state index is 13.3. The summed E-state index contributed by atoms with van der Waals surface area (Å²) in [5.41, 5.74) is 2.36. The lowest BCUT2D eigenvalue weighted by molar-refractivity contribution is -0.0809. The number of carbonyl (C=O) groups excluding carboxylic acids is 1. The second kappa shape index (κ2) is 8.25. The van der Waals surface area contributed by atoms with Gasteiger partial charge in [-0.25, -0.2) is 26.0 Å². The molecule has 4 heterocycles. The van der Waals surface area contributed by atoms with Crippen molar-refractivity contribution < 1.29 is 23.4 Å². The van der Waals surface area contributed by atoms with Gasteiger partial charge in [-0.3, -0.25) is 4.79 Å². The number of aromatic nitrogens is 5. The van der Waals surface area contributed by atoms with Crippen LogP contribution in [0.1, 0.15) is 71.1 Å². The van der Waals surface area contributed by atoms with E-state index in [9.17, 15) is 18.7 Å². The maximum absolute atomic E-state index is 13.3. The number of rotatable bonds is 4. The molecular formula is C28H23F2N7O3. The van der Waals surface area contributed by atoms with Crippen molar-refractivity contribution in [1.82, 2.24) is 29.5 Å². The molecule has 7 rings (SSSR count). The van der Waals surface area contributed by atoms with Crippen molar-refractivity contribution in [2.24, 2.45) is 0 Å². The first kappa shape index (κ1) is 24.5. The number of fused-ring (bicyclic) bond motifs is 9. The number of halogens is 2. The summed E-state index contributed by atoms with van der Waals surface area (Å²) in [4.78, 5) is 31.8. The van der Waals surface area contributed by atoms with Crippen LogP contribution in [0.3, 0.4) is 0 Å². The minimum absolute atomic E-state index is 0.0198. The summed E-state index contributed by atoms with van der Waals surface area (Å²) in [6, 6.07) is 6.15. The van der Waals surface area contributed by atoms with Crippen molar-refractivity contribution >= 4 is 11.4 Å². The van der Waals surface area contributed by atoms with Crippen molar-refractivity contribution in [2.45, 2.75) is 55.9 Å². The number of alkyl halides is 2. The van der Waals surface area contributed by atoms with Gasteiger partial charge < -0.3 is 19.6 Å². The van der Waals surface area contributed by atoms with Gasteiger partial charge in [-0.15, -0.1) is 0 Å². The van der Waals surface area contributed by atoms with Crippen molar-refractivity contribution in [1.29, 1.82) is 0 Å². The number of hydrogen-bond donors (Lipinski definition) is 1. The van der Waals surface area contributed by atoms with E-state index in [-0.39, 0.29) is 36.4 Å². The molecule has 4 aromatic rings. The van der Waals surface area contributed by atoms with Gasteiger partial charge in [0, 0.05) is 54.5 Å². The zero-order valence-electron chi connectivity index (χ0n) is 21.5. The fourth-order valence-corrected chi connectivity index (χ4v) is 6.58. The van der Waals surface area contributed by atoms with Crippen LogP contribution in [0.15, 0.2) is 43.0 Å². The smallest absolute Gasteiger partial charge is 0.387 e. The molecule has 1 aliphatic heterocycles. The second-order valence-electron chi connectivity index (χ2n) is 11.0. The van der Waals surface area contributed by atoms with Crippen LogP contribution in [0, 0.1) is 6.57 Å². The van der Waals surface area contributed by atoms with Gasteiger partial charge >= 0.3 is 6.61 Å². The Kier molecular flexibility index (Phi) is 5.06. The van der Waals surface area contributed by atoms with Gasteiger partial charge in [0.2, 0.25) is 5.54 Å². The van der Waals surface area contributed by atoms with E-state index in [4.69, 9.17) is 16.4 Å². The van der Waals surface area contributed by atoms with Crippen LogP contribution in [0.5, 0.6) is 5.75 Å². The molecule has 2 atom stereocenters. The molecule has 2 aliphatic carbocycles. The van der Waals surface area contributed by atoms with Gasteiger partial charge in [-0.05, 0) is 24.6 Å². The number of amides is 1. The quantitative estimate of drug-likeness (QED) is 0.386. The first-order valence-electron chi connectivity index (χ1n) is 12.8. The third-order valence-electron chi connectivity index (χ3n) is 8.35. The van der Waals surface area contributed by atoms with Crippen LogP contribution in [0.2, 0.25) is 0 Å². The average molecular weight is 544 g/mol. The van der Waals surface area contributed by atoms with E-state index < -0.39 is 23.7 Å². The third kappa shape index (κ3) is 3.43. The van der Waals surface area contributed by atoms with Gasteiger partial charge in [-0.1, -0.05) is 6.07 Å². The van der Waals surface area contributed by atoms with Crippen LogP contribution in [-0.2, 0) is 5.60 Å². The summed E-state index contributed by atoms with van der Waals surface area (Å²) < 4.78 is 33.2. The molecule has 0 unspecified atom stereocenters. The van der Waals surface area contributed by atoms with Crippen LogP contribution in [0.4, 0.5) is 8.78 Å². The molecule has 1 saturated carbocycles. The number of benzene rings is 1. The standard InChI is InChI=1S/C28H23F2N7O3/c1-27(31-2)11-28(39,12-27)25-32-9-14(10-33-25)17-8-18-22-16-7-19(23(22)35-37(18)13-34-17)36(3)24(38)15-5-4-6-20(21(15)16)40-26(29)30/h4-6,8-10,13,16,19,26,39H,7,11-12H2,1,3H3/t16-,19-,27?,28?/m1/s1. The topological polar surface area (TPSA) is 110 Å². The van der Waals surface area contributed by atoms with E-state index in [1.165, 1.54) is 6.07 Å². The molecule has 3 aromatic heterocycles. The predicted octanol–water partition coefficient (Wildman–Crippen LogP) is 4.11. The van der Waals surface area contributed by atoms with Gasteiger partial charge in [0.15, 0.2) is 5.82 Å². The molecule has 0 radical (unpaired) electrons. The Morgan fingerprint density at radius 2 is 1.95 bits per heavy atom. The molecule has 12 heteroatoms. The maximum Gasteiger partial charge on any atom is 0.387 e. The predicted molar refractivity (Wildman–Crippen MR) is 137 cm³/mol. The largest absolute Gasteiger partial charge is 0.434 e.